The van der Waals surface area contributed by atoms with Crippen LogP contribution in [0.4, 0.5) is 4.39 Å². The lowest BCUT2D eigenvalue weighted by Crippen LogP contribution is -2.31. The molecule has 112 valence electrons. The number of nitrogens with zero attached hydrogens (tertiary/aromatic N) is 1. The summed E-state index contributed by atoms with van der Waals surface area (Å²) in [6.45, 7) is 9.34. The molecule has 1 atom stereocenters. The fourth-order valence-electron chi connectivity index (χ4n) is 2.70. The summed E-state index contributed by atoms with van der Waals surface area (Å²) < 4.78 is 18.9. The Bertz CT molecular complexity index is 421. The maximum Gasteiger partial charge on any atom is 0.124 e. The third-order valence-corrected chi connectivity index (χ3v) is 3.95. The van der Waals surface area contributed by atoms with Crippen LogP contribution in [0.2, 0.25) is 0 Å². The summed E-state index contributed by atoms with van der Waals surface area (Å²) in [5.74, 6) is 0.628. The zero-order valence-corrected chi connectivity index (χ0v) is 12.5. The molecule has 1 N–H and O–H groups in total. The smallest absolute Gasteiger partial charge is 0.124 e. The van der Waals surface area contributed by atoms with Crippen LogP contribution in [0.1, 0.15) is 38.3 Å². The average molecular weight is 280 g/mol. The van der Waals surface area contributed by atoms with Crippen LogP contribution >= 0.6 is 0 Å². The highest BCUT2D eigenvalue weighted by atomic mass is 19.1. The maximum absolute atomic E-state index is 13.4. The van der Waals surface area contributed by atoms with E-state index in [-0.39, 0.29) is 11.9 Å². The van der Waals surface area contributed by atoms with Crippen molar-refractivity contribution < 1.29 is 9.13 Å². The number of halogens is 1. The van der Waals surface area contributed by atoms with Crippen molar-refractivity contribution in [2.45, 2.75) is 32.7 Å². The standard InChI is InChI=1S/C16H25FN2O/c1-3-19(4-2)10-5-9-18-15-8-11-20-16-7-6-13(17)12-14(15)16/h6-7,12,15,18H,3-5,8-11H2,1-2H3. The van der Waals surface area contributed by atoms with Crippen molar-refractivity contribution >= 4 is 0 Å². The molecule has 0 bridgehead atoms. The van der Waals surface area contributed by atoms with Crippen LogP contribution in [0.5, 0.6) is 5.75 Å². The Morgan fingerprint density at radius 3 is 2.90 bits per heavy atom. The first-order valence-electron chi connectivity index (χ1n) is 7.62. The monoisotopic (exact) mass is 280 g/mol. The van der Waals surface area contributed by atoms with Crippen molar-refractivity contribution in [1.29, 1.82) is 0 Å². The average Bonchev–Trinajstić information content (AvgIpc) is 2.47. The van der Waals surface area contributed by atoms with E-state index in [0.717, 1.165) is 50.3 Å². The second-order valence-corrected chi connectivity index (χ2v) is 5.21. The van der Waals surface area contributed by atoms with Gasteiger partial charge in [-0.25, -0.2) is 4.39 Å². The van der Waals surface area contributed by atoms with Crippen molar-refractivity contribution in [3.63, 3.8) is 0 Å². The number of ether oxygens (including phenoxy) is 1. The van der Waals surface area contributed by atoms with Crippen LogP contribution in [-0.2, 0) is 0 Å². The molecular formula is C16H25FN2O. The normalized spacial score (nSPS) is 17.9. The van der Waals surface area contributed by atoms with Crippen LogP contribution in [0.3, 0.4) is 0 Å². The predicted molar refractivity (Wildman–Crippen MR) is 79.7 cm³/mol. The Hall–Kier alpha value is -1.13. The van der Waals surface area contributed by atoms with E-state index in [9.17, 15) is 4.39 Å². The molecule has 2 rings (SSSR count). The highest BCUT2D eigenvalue weighted by molar-refractivity contribution is 5.37. The maximum atomic E-state index is 13.4. The van der Waals surface area contributed by atoms with E-state index >= 15 is 0 Å². The van der Waals surface area contributed by atoms with E-state index in [2.05, 4.69) is 24.1 Å². The second kappa shape index (κ2) is 7.60. The van der Waals surface area contributed by atoms with E-state index in [1.54, 1.807) is 12.1 Å². The molecule has 4 heteroatoms. The lowest BCUT2D eigenvalue weighted by atomic mass is 10.0. The first kappa shape index (κ1) is 15.3. The lowest BCUT2D eigenvalue weighted by molar-refractivity contribution is 0.247. The topological polar surface area (TPSA) is 24.5 Å². The van der Waals surface area contributed by atoms with Gasteiger partial charge < -0.3 is 15.0 Å². The molecule has 3 nitrogen and oxygen atoms in total. The van der Waals surface area contributed by atoms with Gasteiger partial charge in [-0.15, -0.1) is 0 Å². The summed E-state index contributed by atoms with van der Waals surface area (Å²) in [6.07, 6.45) is 2.02. The van der Waals surface area contributed by atoms with Crippen LogP contribution in [0.15, 0.2) is 18.2 Å². The molecular weight excluding hydrogens is 255 g/mol. The minimum absolute atomic E-state index is 0.191. The van der Waals surface area contributed by atoms with Gasteiger partial charge in [0, 0.05) is 18.0 Å². The van der Waals surface area contributed by atoms with Gasteiger partial charge in [-0.3, -0.25) is 0 Å². The molecule has 0 aliphatic carbocycles. The summed E-state index contributed by atoms with van der Waals surface area (Å²) in [5.41, 5.74) is 0.957. The van der Waals surface area contributed by atoms with Gasteiger partial charge in [0.15, 0.2) is 0 Å². The molecule has 20 heavy (non-hydrogen) atoms. The first-order valence-corrected chi connectivity index (χ1v) is 7.62. The number of benzene rings is 1. The number of hydrogen-bond acceptors (Lipinski definition) is 3. The SMILES string of the molecule is CCN(CC)CCCNC1CCOc2ccc(F)cc21. The summed E-state index contributed by atoms with van der Waals surface area (Å²) in [7, 11) is 0. The van der Waals surface area contributed by atoms with Crippen molar-refractivity contribution in [2.75, 3.05) is 32.8 Å². The molecule has 0 amide bonds. The molecule has 0 radical (unpaired) electrons. The number of rotatable bonds is 7. The molecule has 1 aliphatic heterocycles. The highest BCUT2D eigenvalue weighted by Crippen LogP contribution is 2.32. The van der Waals surface area contributed by atoms with Gasteiger partial charge in [0.2, 0.25) is 0 Å². The zero-order valence-electron chi connectivity index (χ0n) is 12.5. The molecule has 0 saturated heterocycles. The second-order valence-electron chi connectivity index (χ2n) is 5.21. The fourth-order valence-corrected chi connectivity index (χ4v) is 2.70. The molecule has 1 aromatic rings. The quantitative estimate of drug-likeness (QED) is 0.777. The van der Waals surface area contributed by atoms with Gasteiger partial charge in [-0.2, -0.15) is 0 Å². The number of fused-ring (bicyclic) bond motifs is 1. The molecule has 1 aliphatic rings. The number of hydrogen-bond donors (Lipinski definition) is 1. The van der Waals surface area contributed by atoms with Crippen LogP contribution in [0, 0.1) is 5.82 Å². The molecule has 0 spiro atoms. The molecule has 1 heterocycles. The summed E-state index contributed by atoms with van der Waals surface area (Å²) in [5, 5.41) is 3.54. The third kappa shape index (κ3) is 3.93. The fraction of sp³-hybridized carbons (Fsp3) is 0.625. The van der Waals surface area contributed by atoms with Crippen LogP contribution < -0.4 is 10.1 Å². The minimum atomic E-state index is -0.191. The van der Waals surface area contributed by atoms with Crippen LogP contribution in [-0.4, -0.2) is 37.7 Å². The van der Waals surface area contributed by atoms with Gasteiger partial charge in [0.05, 0.1) is 6.61 Å². The first-order chi connectivity index (χ1) is 9.74. The number of nitrogens with one attached hydrogen (secondary N) is 1. The Balaban J connectivity index is 1.84. The van der Waals surface area contributed by atoms with E-state index < -0.39 is 0 Å². The van der Waals surface area contributed by atoms with Crippen LogP contribution in [0.25, 0.3) is 0 Å². The summed E-state index contributed by atoms with van der Waals surface area (Å²) >= 11 is 0. The lowest BCUT2D eigenvalue weighted by Gasteiger charge is -2.27. The molecule has 1 unspecified atom stereocenters. The van der Waals surface area contributed by atoms with Gasteiger partial charge in [-0.1, -0.05) is 13.8 Å². The highest BCUT2D eigenvalue weighted by Gasteiger charge is 2.21. The minimum Gasteiger partial charge on any atom is -0.493 e. The predicted octanol–water partition coefficient (Wildman–Crippen LogP) is 2.97. The van der Waals surface area contributed by atoms with Crippen molar-refractivity contribution in [1.82, 2.24) is 10.2 Å². The van der Waals surface area contributed by atoms with Crippen molar-refractivity contribution in [3.8, 4) is 5.75 Å². The Morgan fingerprint density at radius 1 is 1.35 bits per heavy atom. The molecule has 0 aromatic heterocycles. The zero-order chi connectivity index (χ0) is 14.4. The summed E-state index contributed by atoms with van der Waals surface area (Å²) in [4.78, 5) is 2.42. The Kier molecular flexibility index (Phi) is 5.80. The molecule has 0 saturated carbocycles. The van der Waals surface area contributed by atoms with E-state index in [1.807, 2.05) is 0 Å². The molecule has 0 fully saturated rings. The van der Waals surface area contributed by atoms with E-state index in [1.165, 1.54) is 6.07 Å². The van der Waals surface area contributed by atoms with E-state index in [4.69, 9.17) is 4.74 Å². The molecule has 1 aromatic carbocycles. The summed E-state index contributed by atoms with van der Waals surface area (Å²) in [6, 6.07) is 5.00. The van der Waals surface area contributed by atoms with Gasteiger partial charge in [0.1, 0.15) is 11.6 Å². The van der Waals surface area contributed by atoms with Gasteiger partial charge in [-0.05, 0) is 50.8 Å². The third-order valence-electron chi connectivity index (χ3n) is 3.95. The van der Waals surface area contributed by atoms with Gasteiger partial charge >= 0.3 is 0 Å². The Labute approximate surface area is 121 Å². The van der Waals surface area contributed by atoms with Gasteiger partial charge in [0.25, 0.3) is 0 Å². The largest absolute Gasteiger partial charge is 0.493 e. The van der Waals surface area contributed by atoms with E-state index in [0.29, 0.717) is 6.61 Å². The Morgan fingerprint density at radius 2 is 2.15 bits per heavy atom. The van der Waals surface area contributed by atoms with Crippen molar-refractivity contribution in [2.24, 2.45) is 0 Å². The van der Waals surface area contributed by atoms with Crippen molar-refractivity contribution in [3.05, 3.63) is 29.6 Å².